The second-order valence-electron chi connectivity index (χ2n) is 12.9. The van der Waals surface area contributed by atoms with Crippen molar-refractivity contribution in [3.05, 3.63) is 151 Å². The van der Waals surface area contributed by atoms with Crippen molar-refractivity contribution < 1.29 is 19.1 Å². The fraction of sp³-hybridized carbons (Fsp3) is 0.225. The van der Waals surface area contributed by atoms with Gasteiger partial charge in [0.15, 0.2) is 0 Å². The molecule has 1 aliphatic carbocycles. The number of hydrogen-bond acceptors (Lipinski definition) is 4. The van der Waals surface area contributed by atoms with Gasteiger partial charge in [-0.25, -0.2) is 9.69 Å². The Labute approximate surface area is 273 Å². The van der Waals surface area contributed by atoms with Crippen molar-refractivity contribution in [1.29, 1.82) is 0 Å². The third-order valence-corrected chi connectivity index (χ3v) is 13.9. The van der Waals surface area contributed by atoms with Gasteiger partial charge in [0, 0.05) is 5.92 Å². The molecular weight excluding hydrogens is 587 g/mol. The third-order valence-electron chi connectivity index (χ3n) is 9.01. The van der Waals surface area contributed by atoms with Gasteiger partial charge in [-0.05, 0) is 69.7 Å². The van der Waals surface area contributed by atoms with E-state index < -0.39 is 20.5 Å². The molecule has 0 saturated carbocycles. The maximum absolute atomic E-state index is 13.5. The molecule has 0 fully saturated rings. The van der Waals surface area contributed by atoms with Crippen molar-refractivity contribution in [3.63, 3.8) is 0 Å². The lowest BCUT2D eigenvalue weighted by Crippen LogP contribution is -2.69. The average molecular weight is 628 g/mol. The number of anilines is 2. The topological polar surface area (TPSA) is 59.0 Å². The predicted octanol–water partition coefficient (Wildman–Crippen LogP) is 8.20. The van der Waals surface area contributed by atoms with Gasteiger partial charge in [0.05, 0.1) is 24.1 Å². The smallest absolute Gasteiger partial charge is 0.418 e. The molecule has 2 atom stereocenters. The Kier molecular flexibility index (Phi) is 9.11. The standard InChI is InChI=1S/C40H41NO4Si/c1-40(2,3)46(33-21-12-6-13-22-33,34-23-14-7-15-24-34)45-37-26-16-25-36-35(37)28-27-30(38(36)42)29-44-39(43)41(31-17-8-4-9-18-31)32-19-10-5-11-20-32/h4-26,30,38,42H,27-29H2,1-3H3/t30-,38-/m0/s1. The number of nitrogens with zero attached hydrogens (tertiary/aromatic N) is 1. The summed E-state index contributed by atoms with van der Waals surface area (Å²) in [6.07, 6.45) is 0.115. The highest BCUT2D eigenvalue weighted by molar-refractivity contribution is 7.00. The Morgan fingerprint density at radius 2 is 1.24 bits per heavy atom. The van der Waals surface area contributed by atoms with Crippen molar-refractivity contribution in [2.75, 3.05) is 11.5 Å². The molecule has 234 valence electrons. The summed E-state index contributed by atoms with van der Waals surface area (Å²) in [7, 11) is -2.85. The Hall–Kier alpha value is -4.65. The molecule has 5 aromatic carbocycles. The van der Waals surface area contributed by atoms with E-state index in [9.17, 15) is 9.90 Å². The van der Waals surface area contributed by atoms with Crippen LogP contribution in [0.3, 0.4) is 0 Å². The van der Waals surface area contributed by atoms with Crippen LogP contribution in [0.25, 0.3) is 0 Å². The fourth-order valence-corrected chi connectivity index (χ4v) is 11.2. The predicted molar refractivity (Wildman–Crippen MR) is 188 cm³/mol. The van der Waals surface area contributed by atoms with Gasteiger partial charge in [-0.15, -0.1) is 0 Å². The van der Waals surface area contributed by atoms with Crippen LogP contribution in [-0.4, -0.2) is 26.1 Å². The molecule has 5 nitrogen and oxygen atoms in total. The summed E-state index contributed by atoms with van der Waals surface area (Å²) < 4.78 is 13.3. The van der Waals surface area contributed by atoms with Gasteiger partial charge in [0.2, 0.25) is 0 Å². The molecule has 0 spiro atoms. The number of carbonyl (C=O) groups excluding carboxylic acids is 1. The summed E-state index contributed by atoms with van der Waals surface area (Å²) in [6, 6.07) is 46.1. The SMILES string of the molecule is CC(C)(C)[Si](Oc1cccc2c1CC[C@@H](COC(=O)N(c1ccccc1)c1ccccc1)[C@@H]2O)(c1ccccc1)c1ccccc1. The minimum absolute atomic E-state index is 0.107. The number of rotatable bonds is 8. The van der Waals surface area contributed by atoms with Crippen LogP contribution in [0.1, 0.15) is 44.4 Å². The van der Waals surface area contributed by atoms with Crippen LogP contribution in [0, 0.1) is 5.92 Å². The summed E-state index contributed by atoms with van der Waals surface area (Å²) in [5, 5.41) is 13.9. The molecule has 0 bridgehead atoms. The molecule has 6 rings (SSSR count). The minimum atomic E-state index is -2.85. The molecule has 6 heteroatoms. The monoisotopic (exact) mass is 627 g/mol. The van der Waals surface area contributed by atoms with Crippen molar-refractivity contribution >= 4 is 36.2 Å². The van der Waals surface area contributed by atoms with Gasteiger partial charge in [0.1, 0.15) is 5.75 Å². The maximum atomic E-state index is 13.5. The van der Waals surface area contributed by atoms with Gasteiger partial charge in [-0.2, -0.15) is 0 Å². The third kappa shape index (κ3) is 6.11. The first-order chi connectivity index (χ1) is 22.3. The largest absolute Gasteiger partial charge is 0.534 e. The van der Waals surface area contributed by atoms with Crippen molar-refractivity contribution in [1.82, 2.24) is 0 Å². The number of carbonyl (C=O) groups is 1. The summed E-state index contributed by atoms with van der Waals surface area (Å²) >= 11 is 0. The highest BCUT2D eigenvalue weighted by atomic mass is 28.4. The Morgan fingerprint density at radius 1 is 0.739 bits per heavy atom. The molecule has 1 amide bonds. The van der Waals surface area contributed by atoms with Crippen molar-refractivity contribution in [2.24, 2.45) is 5.92 Å². The zero-order valence-electron chi connectivity index (χ0n) is 26.7. The summed E-state index contributed by atoms with van der Waals surface area (Å²) in [5.41, 5.74) is 3.31. The van der Waals surface area contributed by atoms with E-state index in [2.05, 4.69) is 69.3 Å². The maximum Gasteiger partial charge on any atom is 0.418 e. The lowest BCUT2D eigenvalue weighted by molar-refractivity contribution is 0.0443. The van der Waals surface area contributed by atoms with E-state index >= 15 is 0 Å². The van der Waals surface area contributed by atoms with Gasteiger partial charge in [-0.3, -0.25) is 0 Å². The number of hydrogen-bond donors (Lipinski definition) is 1. The first-order valence-corrected chi connectivity index (χ1v) is 17.9. The van der Waals surface area contributed by atoms with E-state index in [1.54, 1.807) is 4.90 Å². The second-order valence-corrected chi connectivity index (χ2v) is 17.1. The van der Waals surface area contributed by atoms with E-state index in [-0.39, 0.29) is 17.6 Å². The molecular formula is C40H41NO4Si. The molecule has 46 heavy (non-hydrogen) atoms. The first-order valence-electron chi connectivity index (χ1n) is 16.0. The zero-order chi connectivity index (χ0) is 32.1. The van der Waals surface area contributed by atoms with E-state index in [0.717, 1.165) is 28.3 Å². The van der Waals surface area contributed by atoms with Crippen LogP contribution in [0.4, 0.5) is 16.2 Å². The van der Waals surface area contributed by atoms with Crippen LogP contribution in [0.5, 0.6) is 5.75 Å². The summed E-state index contributed by atoms with van der Waals surface area (Å²) in [5.74, 6) is 0.577. The number of amides is 1. The Morgan fingerprint density at radius 3 is 1.74 bits per heavy atom. The minimum Gasteiger partial charge on any atom is -0.534 e. The lowest BCUT2D eigenvalue weighted by Gasteiger charge is -2.44. The van der Waals surface area contributed by atoms with E-state index in [1.807, 2.05) is 91.0 Å². The number of ether oxygens (including phenoxy) is 1. The number of benzene rings is 5. The van der Waals surface area contributed by atoms with Gasteiger partial charge < -0.3 is 14.3 Å². The Balaban J connectivity index is 1.27. The molecule has 1 N–H and O–H groups in total. The normalized spacial score (nSPS) is 16.3. The van der Waals surface area contributed by atoms with Gasteiger partial charge >= 0.3 is 14.4 Å². The molecule has 1 aliphatic rings. The number of fused-ring (bicyclic) bond motifs is 1. The first kappa shape index (κ1) is 31.3. The van der Waals surface area contributed by atoms with E-state index in [0.29, 0.717) is 12.8 Å². The zero-order valence-corrected chi connectivity index (χ0v) is 27.7. The summed E-state index contributed by atoms with van der Waals surface area (Å²) in [6.45, 7) is 6.90. The molecule has 0 saturated heterocycles. The highest BCUT2D eigenvalue weighted by Crippen LogP contribution is 2.43. The highest BCUT2D eigenvalue weighted by Gasteiger charge is 2.52. The molecule has 5 aromatic rings. The second kappa shape index (κ2) is 13.4. The number of para-hydroxylation sites is 2. The summed E-state index contributed by atoms with van der Waals surface area (Å²) in [4.78, 5) is 15.1. The van der Waals surface area contributed by atoms with Crippen LogP contribution >= 0.6 is 0 Å². The molecule has 0 unspecified atom stereocenters. The number of aliphatic hydroxyl groups excluding tert-OH is 1. The van der Waals surface area contributed by atoms with Crippen LogP contribution < -0.4 is 19.7 Å². The molecule has 0 aliphatic heterocycles. The number of aliphatic hydroxyl groups is 1. The van der Waals surface area contributed by atoms with Gasteiger partial charge in [0.25, 0.3) is 0 Å². The van der Waals surface area contributed by atoms with E-state index in [1.165, 1.54) is 10.4 Å². The van der Waals surface area contributed by atoms with E-state index in [4.69, 9.17) is 9.16 Å². The molecule has 0 radical (unpaired) electrons. The Bertz CT molecular complexity index is 1660. The van der Waals surface area contributed by atoms with Crippen LogP contribution in [-0.2, 0) is 11.2 Å². The average Bonchev–Trinajstić information content (AvgIpc) is 3.08. The van der Waals surface area contributed by atoms with Crippen LogP contribution in [0.15, 0.2) is 140 Å². The van der Waals surface area contributed by atoms with Crippen molar-refractivity contribution in [3.8, 4) is 5.75 Å². The fourth-order valence-electron chi connectivity index (χ4n) is 6.71. The quantitative estimate of drug-likeness (QED) is 0.176. The van der Waals surface area contributed by atoms with Crippen LogP contribution in [0.2, 0.25) is 5.04 Å². The van der Waals surface area contributed by atoms with Crippen molar-refractivity contribution in [2.45, 2.75) is 44.8 Å². The molecule has 0 aromatic heterocycles. The molecule has 0 heterocycles. The van der Waals surface area contributed by atoms with Gasteiger partial charge in [-0.1, -0.05) is 130 Å². The lowest BCUT2D eigenvalue weighted by atomic mass is 9.81.